The molecule has 2 rings (SSSR count). The highest BCUT2D eigenvalue weighted by atomic mass is 32.1. The first-order chi connectivity index (χ1) is 9.08. The van der Waals surface area contributed by atoms with Gasteiger partial charge in [0.25, 0.3) is 0 Å². The molecule has 0 spiro atoms. The zero-order valence-electron chi connectivity index (χ0n) is 11.6. The van der Waals surface area contributed by atoms with Gasteiger partial charge in [-0.25, -0.2) is 4.98 Å². The Morgan fingerprint density at radius 2 is 1.95 bits per heavy atom. The molecule has 1 aromatic carbocycles. The van der Waals surface area contributed by atoms with E-state index in [9.17, 15) is 5.11 Å². The minimum absolute atomic E-state index is 0.156. The lowest BCUT2D eigenvalue weighted by Gasteiger charge is -2.16. The molecule has 0 saturated carbocycles. The number of hydrogen-bond acceptors (Lipinski definition) is 4. The van der Waals surface area contributed by atoms with Crippen LogP contribution in [0.1, 0.15) is 40.2 Å². The first-order valence-corrected chi connectivity index (χ1v) is 7.30. The number of rotatable bonds is 5. The number of hydrogen-bond donors (Lipinski definition) is 2. The lowest BCUT2D eigenvalue weighted by atomic mass is 10.1. The quantitative estimate of drug-likeness (QED) is 0.882. The van der Waals surface area contributed by atoms with E-state index in [1.807, 2.05) is 37.3 Å². The van der Waals surface area contributed by atoms with Crippen molar-refractivity contribution < 1.29 is 5.11 Å². The number of aryl methyl sites for hydroxylation is 2. The molecule has 0 radical (unpaired) electrons. The standard InChI is InChI=1S/C15H20N2OS/c1-10(15-11(2)19-12(3)17-15)16-9-14(18)13-7-5-4-6-8-13/h4-8,10,14,16,18H,9H2,1-3H3. The van der Waals surface area contributed by atoms with E-state index in [0.29, 0.717) is 6.54 Å². The van der Waals surface area contributed by atoms with Crippen molar-refractivity contribution in [1.29, 1.82) is 0 Å². The summed E-state index contributed by atoms with van der Waals surface area (Å²) < 4.78 is 0. The molecule has 3 nitrogen and oxygen atoms in total. The monoisotopic (exact) mass is 276 g/mol. The van der Waals surface area contributed by atoms with Gasteiger partial charge in [0, 0.05) is 17.5 Å². The van der Waals surface area contributed by atoms with E-state index >= 15 is 0 Å². The Hall–Kier alpha value is -1.23. The minimum Gasteiger partial charge on any atom is -0.387 e. The Labute approximate surface area is 118 Å². The van der Waals surface area contributed by atoms with Gasteiger partial charge in [-0.3, -0.25) is 0 Å². The number of aliphatic hydroxyl groups is 1. The van der Waals surface area contributed by atoms with Crippen LogP contribution in [0.25, 0.3) is 0 Å². The summed E-state index contributed by atoms with van der Waals surface area (Å²) in [5.41, 5.74) is 2.02. The molecule has 0 saturated heterocycles. The van der Waals surface area contributed by atoms with E-state index in [1.54, 1.807) is 11.3 Å². The Bertz CT molecular complexity index is 524. The van der Waals surface area contributed by atoms with E-state index < -0.39 is 6.10 Å². The molecule has 4 heteroatoms. The van der Waals surface area contributed by atoms with Crippen molar-refractivity contribution in [2.75, 3.05) is 6.54 Å². The Balaban J connectivity index is 1.94. The molecule has 2 unspecified atom stereocenters. The Morgan fingerprint density at radius 3 is 2.53 bits per heavy atom. The zero-order chi connectivity index (χ0) is 13.8. The molecule has 0 amide bonds. The van der Waals surface area contributed by atoms with E-state index in [2.05, 4.69) is 24.1 Å². The molecule has 19 heavy (non-hydrogen) atoms. The molecule has 0 aliphatic heterocycles. The first-order valence-electron chi connectivity index (χ1n) is 6.48. The van der Waals surface area contributed by atoms with Crippen LogP contribution in [0.15, 0.2) is 30.3 Å². The van der Waals surface area contributed by atoms with Crippen LogP contribution in [0.4, 0.5) is 0 Å². The van der Waals surface area contributed by atoms with Crippen molar-refractivity contribution in [3.8, 4) is 0 Å². The molecule has 1 heterocycles. The van der Waals surface area contributed by atoms with Gasteiger partial charge in [0.15, 0.2) is 0 Å². The lowest BCUT2D eigenvalue weighted by molar-refractivity contribution is 0.170. The minimum atomic E-state index is -0.483. The summed E-state index contributed by atoms with van der Waals surface area (Å²) in [6.45, 7) is 6.72. The zero-order valence-corrected chi connectivity index (χ0v) is 12.4. The molecule has 2 aromatic rings. The SMILES string of the molecule is Cc1nc(C(C)NCC(O)c2ccccc2)c(C)s1. The van der Waals surface area contributed by atoms with Crippen LogP contribution in [0, 0.1) is 13.8 Å². The highest BCUT2D eigenvalue weighted by molar-refractivity contribution is 7.11. The van der Waals surface area contributed by atoms with E-state index in [4.69, 9.17) is 0 Å². The third-order valence-electron chi connectivity index (χ3n) is 3.15. The number of nitrogens with zero attached hydrogens (tertiary/aromatic N) is 1. The number of benzene rings is 1. The van der Waals surface area contributed by atoms with E-state index in [1.165, 1.54) is 4.88 Å². The molecule has 0 fully saturated rings. The van der Waals surface area contributed by atoms with Crippen molar-refractivity contribution in [1.82, 2.24) is 10.3 Å². The van der Waals surface area contributed by atoms with Crippen LogP contribution in [-0.2, 0) is 0 Å². The van der Waals surface area contributed by atoms with Crippen LogP contribution in [0.2, 0.25) is 0 Å². The maximum absolute atomic E-state index is 10.1. The maximum atomic E-state index is 10.1. The topological polar surface area (TPSA) is 45.2 Å². The van der Waals surface area contributed by atoms with Crippen LogP contribution >= 0.6 is 11.3 Å². The Kier molecular flexibility index (Phi) is 4.69. The fourth-order valence-electron chi connectivity index (χ4n) is 2.12. The van der Waals surface area contributed by atoms with E-state index in [-0.39, 0.29) is 6.04 Å². The van der Waals surface area contributed by atoms with Gasteiger partial charge in [0.2, 0.25) is 0 Å². The molecule has 2 atom stereocenters. The maximum Gasteiger partial charge on any atom is 0.0914 e. The van der Waals surface area contributed by atoms with Crippen molar-refractivity contribution in [2.45, 2.75) is 32.9 Å². The fraction of sp³-hybridized carbons (Fsp3) is 0.400. The van der Waals surface area contributed by atoms with Gasteiger partial charge in [-0.2, -0.15) is 0 Å². The van der Waals surface area contributed by atoms with Gasteiger partial charge in [-0.1, -0.05) is 30.3 Å². The van der Waals surface area contributed by atoms with Gasteiger partial charge >= 0.3 is 0 Å². The summed E-state index contributed by atoms with van der Waals surface area (Å²) in [4.78, 5) is 5.78. The van der Waals surface area contributed by atoms with Crippen LogP contribution in [-0.4, -0.2) is 16.6 Å². The van der Waals surface area contributed by atoms with Gasteiger partial charge in [0.05, 0.1) is 16.8 Å². The second-order valence-electron chi connectivity index (χ2n) is 4.73. The third kappa shape index (κ3) is 3.62. The molecule has 2 N–H and O–H groups in total. The van der Waals surface area contributed by atoms with Crippen molar-refractivity contribution in [3.63, 3.8) is 0 Å². The van der Waals surface area contributed by atoms with Crippen molar-refractivity contribution in [2.24, 2.45) is 0 Å². The second kappa shape index (κ2) is 6.28. The number of aliphatic hydroxyl groups excluding tert-OH is 1. The highest BCUT2D eigenvalue weighted by Crippen LogP contribution is 2.23. The van der Waals surface area contributed by atoms with Gasteiger partial charge < -0.3 is 10.4 Å². The number of nitrogens with one attached hydrogen (secondary N) is 1. The summed E-state index contributed by atoms with van der Waals surface area (Å²) in [5.74, 6) is 0. The fourth-order valence-corrected chi connectivity index (χ4v) is 3.04. The largest absolute Gasteiger partial charge is 0.387 e. The predicted molar refractivity (Wildman–Crippen MR) is 79.4 cm³/mol. The molecule has 102 valence electrons. The lowest BCUT2D eigenvalue weighted by Crippen LogP contribution is -2.25. The first kappa shape index (κ1) is 14.2. The predicted octanol–water partition coefficient (Wildman–Crippen LogP) is 3.14. The molecule has 0 aliphatic carbocycles. The molecule has 0 aliphatic rings. The molecular weight excluding hydrogens is 256 g/mol. The molecule has 1 aromatic heterocycles. The second-order valence-corrected chi connectivity index (χ2v) is 6.14. The van der Waals surface area contributed by atoms with Gasteiger partial charge in [0.1, 0.15) is 0 Å². The van der Waals surface area contributed by atoms with Crippen LogP contribution in [0.3, 0.4) is 0 Å². The number of thiazole rings is 1. The smallest absolute Gasteiger partial charge is 0.0914 e. The molecule has 0 bridgehead atoms. The summed E-state index contributed by atoms with van der Waals surface area (Å²) in [6, 6.07) is 9.87. The van der Waals surface area contributed by atoms with Crippen LogP contribution in [0.5, 0.6) is 0 Å². The van der Waals surface area contributed by atoms with Crippen molar-refractivity contribution in [3.05, 3.63) is 51.5 Å². The average molecular weight is 276 g/mol. The summed E-state index contributed by atoms with van der Waals surface area (Å²) in [5, 5.41) is 14.5. The third-order valence-corrected chi connectivity index (χ3v) is 4.05. The average Bonchev–Trinajstić information content (AvgIpc) is 2.75. The van der Waals surface area contributed by atoms with Crippen molar-refractivity contribution >= 4 is 11.3 Å². The normalized spacial score (nSPS) is 14.3. The molecular formula is C15H20N2OS. The summed E-state index contributed by atoms with van der Waals surface area (Å²) in [6.07, 6.45) is -0.483. The summed E-state index contributed by atoms with van der Waals surface area (Å²) in [7, 11) is 0. The van der Waals surface area contributed by atoms with Gasteiger partial charge in [-0.15, -0.1) is 11.3 Å². The highest BCUT2D eigenvalue weighted by Gasteiger charge is 2.14. The van der Waals surface area contributed by atoms with E-state index in [0.717, 1.165) is 16.3 Å². The Morgan fingerprint density at radius 1 is 1.26 bits per heavy atom. The summed E-state index contributed by atoms with van der Waals surface area (Å²) >= 11 is 1.71. The van der Waals surface area contributed by atoms with Gasteiger partial charge in [-0.05, 0) is 26.3 Å². The number of aromatic nitrogens is 1. The van der Waals surface area contributed by atoms with Crippen LogP contribution < -0.4 is 5.32 Å².